The molecule has 0 unspecified atom stereocenters. The van der Waals surface area contributed by atoms with E-state index < -0.39 is 31.3 Å². The topological polar surface area (TPSA) is 86.6 Å². The molecule has 1 N–H and O–H groups in total. The first kappa shape index (κ1) is 49.4. The molecular formula is C53H63F3N3O4S2+. The van der Waals surface area contributed by atoms with Crippen LogP contribution in [-0.4, -0.2) is 58.0 Å². The number of hydrogen-bond acceptors (Lipinski definition) is 5. The van der Waals surface area contributed by atoms with Gasteiger partial charge in [-0.1, -0.05) is 137 Å². The van der Waals surface area contributed by atoms with Crippen LogP contribution in [-0.2, 0) is 31.9 Å². The van der Waals surface area contributed by atoms with Crippen molar-refractivity contribution in [2.75, 3.05) is 30.3 Å². The molecule has 0 radical (unpaired) electrons. The van der Waals surface area contributed by atoms with Crippen molar-refractivity contribution in [1.82, 2.24) is 4.13 Å². The van der Waals surface area contributed by atoms with Crippen molar-refractivity contribution < 1.29 is 34.6 Å². The Hall–Kier alpha value is -5.04. The second-order valence-electron chi connectivity index (χ2n) is 17.6. The number of unbranched alkanes of at least 4 members (excludes halogenated alkanes) is 5. The molecule has 0 fully saturated rings. The fraction of sp³-hybridized carbons (Fsp3) is 0.377. The summed E-state index contributed by atoms with van der Waals surface area (Å²) in [6.45, 7) is 12.4. The molecule has 0 aromatic heterocycles. The van der Waals surface area contributed by atoms with Gasteiger partial charge < -0.3 is 4.90 Å². The van der Waals surface area contributed by atoms with Gasteiger partial charge in [0, 0.05) is 42.4 Å². The maximum absolute atomic E-state index is 12.9. The predicted molar refractivity (Wildman–Crippen MR) is 261 cm³/mol. The highest BCUT2D eigenvalue weighted by Crippen LogP contribution is 2.44. The molecule has 0 spiro atoms. The predicted octanol–water partition coefficient (Wildman–Crippen LogP) is 12.4. The first-order valence-corrected chi connectivity index (χ1v) is 26.0. The van der Waals surface area contributed by atoms with Crippen LogP contribution in [0.3, 0.4) is 0 Å². The summed E-state index contributed by atoms with van der Waals surface area (Å²) in [5.41, 5.74) is 8.07. The van der Waals surface area contributed by atoms with Gasteiger partial charge in [0.1, 0.15) is 6.54 Å². The zero-order valence-electron chi connectivity index (χ0n) is 38.3. The number of benzene rings is 5. The van der Waals surface area contributed by atoms with Crippen molar-refractivity contribution in [3.05, 3.63) is 166 Å². The third kappa shape index (κ3) is 12.4. The van der Waals surface area contributed by atoms with Gasteiger partial charge in [-0.25, -0.2) is 16.8 Å². The summed E-state index contributed by atoms with van der Waals surface area (Å²) in [6, 6.07) is 45.0. The number of para-hydroxylation sites is 1. The molecule has 346 valence electrons. The lowest BCUT2D eigenvalue weighted by Crippen LogP contribution is -2.41. The number of alkyl halides is 3. The average molecular weight is 927 g/mol. The van der Waals surface area contributed by atoms with Crippen molar-refractivity contribution in [2.45, 2.75) is 103 Å². The SMILES string of the molecule is CCN(CCCS(=O)(=O)NS(=O)(=O)C(F)(F)F)c1ccc(C(=C2C(c3ccccc3)=[N+](CCCCCCCCc3ccc(C(C)(C)CC)cc3)c3ccccc32)c2ccc(C)cc2)cc1. The minimum absolute atomic E-state index is 0.0913. The van der Waals surface area contributed by atoms with Gasteiger partial charge in [-0.05, 0) is 104 Å². The summed E-state index contributed by atoms with van der Waals surface area (Å²) >= 11 is 0. The molecule has 1 aliphatic heterocycles. The summed E-state index contributed by atoms with van der Waals surface area (Å²) < 4.78 is 89.4. The van der Waals surface area contributed by atoms with E-state index in [1.807, 2.05) is 30.0 Å². The highest BCUT2D eigenvalue weighted by molar-refractivity contribution is 8.05. The molecule has 0 amide bonds. The second-order valence-corrected chi connectivity index (χ2v) is 21.4. The Balaban J connectivity index is 1.23. The molecule has 0 atom stereocenters. The Kier molecular flexibility index (Phi) is 16.3. The molecule has 0 saturated carbocycles. The smallest absolute Gasteiger partial charge is 0.372 e. The molecule has 12 heteroatoms. The zero-order valence-corrected chi connectivity index (χ0v) is 39.9. The van der Waals surface area contributed by atoms with E-state index in [0.29, 0.717) is 6.54 Å². The first-order chi connectivity index (χ1) is 30.9. The first-order valence-electron chi connectivity index (χ1n) is 22.8. The molecule has 1 heterocycles. The summed E-state index contributed by atoms with van der Waals surface area (Å²) in [7, 11) is -10.8. The van der Waals surface area contributed by atoms with Crippen molar-refractivity contribution in [2.24, 2.45) is 0 Å². The molecule has 5 aromatic carbocycles. The van der Waals surface area contributed by atoms with Crippen LogP contribution in [0.15, 0.2) is 127 Å². The zero-order chi connectivity index (χ0) is 46.8. The van der Waals surface area contributed by atoms with Crippen LogP contribution in [0.2, 0.25) is 0 Å². The van der Waals surface area contributed by atoms with Crippen molar-refractivity contribution in [3.63, 3.8) is 0 Å². The van der Waals surface area contributed by atoms with Gasteiger partial charge in [0.25, 0.3) is 0 Å². The number of aryl methyl sites for hydroxylation is 2. The van der Waals surface area contributed by atoms with Crippen molar-refractivity contribution in [1.29, 1.82) is 0 Å². The molecule has 0 saturated heterocycles. The van der Waals surface area contributed by atoms with E-state index in [2.05, 4.69) is 141 Å². The molecule has 65 heavy (non-hydrogen) atoms. The fourth-order valence-corrected chi connectivity index (χ4v) is 11.1. The van der Waals surface area contributed by atoms with Crippen LogP contribution in [0.5, 0.6) is 0 Å². The highest BCUT2D eigenvalue weighted by atomic mass is 32.3. The van der Waals surface area contributed by atoms with Gasteiger partial charge in [-0.2, -0.15) is 17.7 Å². The van der Waals surface area contributed by atoms with E-state index >= 15 is 0 Å². The summed E-state index contributed by atoms with van der Waals surface area (Å²) in [4.78, 5) is 1.91. The molecule has 0 bridgehead atoms. The Labute approximate surface area is 385 Å². The highest BCUT2D eigenvalue weighted by Gasteiger charge is 2.48. The minimum Gasteiger partial charge on any atom is -0.372 e. The van der Waals surface area contributed by atoms with Crippen LogP contribution >= 0.6 is 0 Å². The summed E-state index contributed by atoms with van der Waals surface area (Å²) in [5, 5.41) is 0. The van der Waals surface area contributed by atoms with Gasteiger partial charge >= 0.3 is 15.5 Å². The normalized spacial score (nSPS) is 14.2. The van der Waals surface area contributed by atoms with Gasteiger partial charge in [0.15, 0.2) is 0 Å². The molecule has 1 aliphatic rings. The van der Waals surface area contributed by atoms with Crippen LogP contribution in [0.1, 0.15) is 118 Å². The minimum atomic E-state index is -6.04. The largest absolute Gasteiger partial charge is 0.512 e. The number of sulfonamides is 2. The molecule has 0 aliphatic carbocycles. The van der Waals surface area contributed by atoms with E-state index in [1.54, 1.807) is 0 Å². The molecule has 5 aromatic rings. The van der Waals surface area contributed by atoms with E-state index in [-0.39, 0.29) is 18.4 Å². The van der Waals surface area contributed by atoms with E-state index in [1.165, 1.54) is 42.5 Å². The Bertz CT molecular complexity index is 2660. The number of rotatable bonds is 22. The van der Waals surface area contributed by atoms with Crippen LogP contribution in [0.25, 0.3) is 11.1 Å². The lowest BCUT2D eigenvalue weighted by molar-refractivity contribution is -0.437. The third-order valence-corrected chi connectivity index (χ3v) is 15.9. The number of hydrogen-bond donors (Lipinski definition) is 1. The molecule has 6 rings (SSSR count). The van der Waals surface area contributed by atoms with Gasteiger partial charge in [0.05, 0.1) is 16.9 Å². The lowest BCUT2D eigenvalue weighted by Gasteiger charge is -2.24. The van der Waals surface area contributed by atoms with Gasteiger partial charge in [0.2, 0.25) is 21.4 Å². The number of fused-ring (bicyclic) bond motifs is 1. The van der Waals surface area contributed by atoms with Crippen LogP contribution in [0.4, 0.5) is 24.5 Å². The number of nitrogens with one attached hydrogen (secondary N) is 1. The second kappa shape index (κ2) is 21.5. The lowest BCUT2D eigenvalue weighted by atomic mass is 9.82. The quantitative estimate of drug-likeness (QED) is 0.0552. The maximum Gasteiger partial charge on any atom is 0.512 e. The number of halogens is 3. The molecule has 7 nitrogen and oxygen atoms in total. The Morgan fingerprint density at radius 1 is 0.677 bits per heavy atom. The fourth-order valence-electron chi connectivity index (χ4n) is 8.50. The van der Waals surface area contributed by atoms with Crippen molar-refractivity contribution in [3.8, 4) is 0 Å². The summed E-state index contributed by atoms with van der Waals surface area (Å²) in [6.07, 6.45) is 9.13. The van der Waals surface area contributed by atoms with E-state index in [0.717, 1.165) is 86.7 Å². The molecular weight excluding hydrogens is 864 g/mol. The third-order valence-electron chi connectivity index (χ3n) is 12.6. The number of allylic oxidation sites excluding steroid dienone is 1. The van der Waals surface area contributed by atoms with Crippen molar-refractivity contribution >= 4 is 48.3 Å². The number of nitrogens with zero attached hydrogens (tertiary/aromatic N) is 2. The Morgan fingerprint density at radius 3 is 1.88 bits per heavy atom. The van der Waals surface area contributed by atoms with Gasteiger partial charge in [-0.15, -0.1) is 4.13 Å². The van der Waals surface area contributed by atoms with Crippen LogP contribution < -0.4 is 9.03 Å². The van der Waals surface area contributed by atoms with Gasteiger partial charge in [-0.3, -0.25) is 0 Å². The van der Waals surface area contributed by atoms with E-state index in [4.69, 9.17) is 0 Å². The summed E-state index contributed by atoms with van der Waals surface area (Å²) in [5.74, 6) is -0.790. The number of anilines is 1. The maximum atomic E-state index is 12.9. The van der Waals surface area contributed by atoms with E-state index in [9.17, 15) is 30.0 Å². The van der Waals surface area contributed by atoms with Crippen LogP contribution in [0, 0.1) is 6.92 Å². The monoisotopic (exact) mass is 926 g/mol. The Morgan fingerprint density at radius 2 is 1.26 bits per heavy atom. The standard InChI is InChI=1S/C53H63F3N3O4S2/c1-6-52(4,5)45-33-27-41(28-34-45)20-13-10-8-9-11-18-38-59-48-24-17-16-23-47(48)50(51(59)44-21-14-12-15-22-44)49(42-29-25-40(3)26-30-42)43-31-35-46(36-32-43)58(7-2)37-19-39-64(60,61)57-65(62,63)53(54,55)56/h12,14-17,21-36,57H,6-11,13,18-20,37-39H2,1-5H3/q+1. The average Bonchev–Trinajstić information content (AvgIpc) is 3.60.